The molecule has 0 aliphatic carbocycles. The van der Waals surface area contributed by atoms with Gasteiger partial charge in [0.05, 0.1) is 0 Å². The number of para-hydroxylation sites is 2. The molecule has 0 radical (unpaired) electrons. The molecule has 0 spiro atoms. The minimum atomic E-state index is -3.38. The monoisotopic (exact) mass is 426 g/mol. The van der Waals surface area contributed by atoms with E-state index in [1.165, 1.54) is 19.3 Å². The van der Waals surface area contributed by atoms with Crippen molar-refractivity contribution in [2.45, 2.75) is 52.1 Å². The molecule has 1 atom stereocenters. The van der Waals surface area contributed by atoms with Crippen molar-refractivity contribution in [1.29, 1.82) is 0 Å². The Balaban J connectivity index is 1.91. The van der Waals surface area contributed by atoms with Crippen molar-refractivity contribution < 1.29 is 13.6 Å². The van der Waals surface area contributed by atoms with Gasteiger partial charge >= 0.3 is 137 Å². The van der Waals surface area contributed by atoms with Crippen molar-refractivity contribution in [1.82, 2.24) is 0 Å². The first kappa shape index (κ1) is 16.5. The van der Waals surface area contributed by atoms with Crippen molar-refractivity contribution in [2.24, 2.45) is 0 Å². The molecule has 1 aromatic rings. The molecule has 20 heavy (non-hydrogen) atoms. The Labute approximate surface area is 137 Å². The molecular weight excluding hydrogens is 407 g/mol. The summed E-state index contributed by atoms with van der Waals surface area (Å²) < 4.78 is 14.5. The fourth-order valence-corrected chi connectivity index (χ4v) is 7.47. The quantitative estimate of drug-likeness (QED) is 0.355. The topological polar surface area (TPSA) is 27.7 Å². The van der Waals surface area contributed by atoms with E-state index in [0.29, 0.717) is 11.5 Å². The second-order valence-corrected chi connectivity index (χ2v) is 17.3. The average molecular weight is 428 g/mol. The van der Waals surface area contributed by atoms with Crippen LogP contribution in [0.3, 0.4) is 0 Å². The van der Waals surface area contributed by atoms with E-state index in [1.807, 2.05) is 24.3 Å². The second kappa shape index (κ2) is 6.51. The fraction of sp³-hybridized carbons (Fsp3) is 0.571. The molecule has 1 aliphatic heterocycles. The second-order valence-electron chi connectivity index (χ2n) is 5.10. The average Bonchev–Trinajstić information content (AvgIpc) is 2.65. The third kappa shape index (κ3) is 4.33. The molecule has 0 saturated heterocycles. The van der Waals surface area contributed by atoms with E-state index < -0.39 is 4.69 Å². The molecule has 2 rings (SSSR count). The number of hydrogen-bond acceptors (Lipinski definition) is 3. The van der Waals surface area contributed by atoms with Crippen molar-refractivity contribution in [3.8, 4) is 11.5 Å². The molecule has 0 aromatic heterocycles. The molecule has 6 heteroatoms. The molecule has 114 valence electrons. The van der Waals surface area contributed by atoms with Crippen LogP contribution < -0.4 is 9.05 Å². The van der Waals surface area contributed by atoms with Crippen LogP contribution in [-0.4, -0.2) is 6.10 Å². The Kier molecular flexibility index (Phi) is 5.39. The predicted molar refractivity (Wildman–Crippen MR) is 91.8 cm³/mol. The van der Waals surface area contributed by atoms with Crippen LogP contribution in [0.4, 0.5) is 0 Å². The normalized spacial score (nSPS) is 21.9. The van der Waals surface area contributed by atoms with Crippen molar-refractivity contribution >= 4 is 35.7 Å². The van der Waals surface area contributed by atoms with Crippen LogP contribution in [0, 0.1) is 0 Å². The first-order chi connectivity index (χ1) is 9.41. The van der Waals surface area contributed by atoms with Crippen LogP contribution in [0.1, 0.15) is 46.0 Å². The predicted octanol–water partition coefficient (Wildman–Crippen LogP) is 6.75. The third-order valence-electron chi connectivity index (χ3n) is 3.14. The van der Waals surface area contributed by atoms with Gasteiger partial charge < -0.3 is 0 Å². The molecule has 0 bridgehead atoms. The minimum absolute atomic E-state index is 0.0672. The zero-order valence-electron chi connectivity index (χ0n) is 11.9. The molecule has 0 N–H and O–H groups in total. The summed E-state index contributed by atoms with van der Waals surface area (Å²) in [6.07, 6.45) is 5.99. The number of unbranched alkanes of at least 4 members (excludes halogenated alkanes) is 3. The summed E-state index contributed by atoms with van der Waals surface area (Å²) in [5.74, 6) is 1.41. The summed E-state index contributed by atoms with van der Waals surface area (Å²) in [6, 6.07) is 7.58. The molecule has 1 heterocycles. The van der Waals surface area contributed by atoms with Crippen LogP contribution in [0.25, 0.3) is 0 Å². The van der Waals surface area contributed by atoms with Crippen LogP contribution >= 0.6 is 35.7 Å². The van der Waals surface area contributed by atoms with Crippen LogP contribution in [0.15, 0.2) is 24.3 Å². The van der Waals surface area contributed by atoms with E-state index in [4.69, 9.17) is 13.6 Å². The number of benzene rings is 1. The van der Waals surface area contributed by atoms with Gasteiger partial charge in [-0.25, -0.2) is 0 Å². The summed E-state index contributed by atoms with van der Waals surface area (Å²) in [7, 11) is 0. The Hall–Kier alpha value is 0.170. The third-order valence-corrected chi connectivity index (χ3v) is 7.54. The summed E-state index contributed by atoms with van der Waals surface area (Å²) in [6.45, 7) is 4.27. The standard InChI is InChI=1S/C14H21Br2O3P/c1-3-4-5-6-9-12(2)17-20(15,16)18-13-10-7-8-11-14(13)19-20/h7-8,10-12H,3-6,9H2,1-2H3. The molecule has 0 saturated carbocycles. The van der Waals surface area contributed by atoms with E-state index in [0.717, 1.165) is 12.8 Å². The van der Waals surface area contributed by atoms with E-state index in [2.05, 4.69) is 44.8 Å². The number of fused-ring (bicyclic) bond motifs is 1. The van der Waals surface area contributed by atoms with Gasteiger partial charge in [0, 0.05) is 0 Å². The van der Waals surface area contributed by atoms with E-state index in [9.17, 15) is 0 Å². The zero-order chi connectivity index (χ0) is 14.7. The molecule has 1 aromatic carbocycles. The summed E-state index contributed by atoms with van der Waals surface area (Å²) in [4.78, 5) is 0. The maximum absolute atomic E-state index is 6.07. The Bertz CT molecular complexity index is 438. The van der Waals surface area contributed by atoms with Crippen LogP contribution in [0.2, 0.25) is 0 Å². The Morgan fingerprint density at radius 2 is 1.70 bits per heavy atom. The molecule has 0 amide bonds. The maximum atomic E-state index is 6.07. The van der Waals surface area contributed by atoms with Gasteiger partial charge in [-0.3, -0.25) is 0 Å². The van der Waals surface area contributed by atoms with Gasteiger partial charge in [-0.1, -0.05) is 0 Å². The summed E-state index contributed by atoms with van der Waals surface area (Å²) in [5.41, 5.74) is 0. The summed E-state index contributed by atoms with van der Waals surface area (Å²) in [5, 5.41) is 0. The SMILES string of the molecule is CCCCCCC(C)OP1(Br)(Br)Oc2ccccc2O1. The van der Waals surface area contributed by atoms with E-state index in [-0.39, 0.29) is 6.10 Å². The zero-order valence-corrected chi connectivity index (χ0v) is 15.9. The molecule has 3 nitrogen and oxygen atoms in total. The molecule has 1 aliphatic rings. The van der Waals surface area contributed by atoms with Crippen molar-refractivity contribution in [3.05, 3.63) is 24.3 Å². The Morgan fingerprint density at radius 1 is 1.10 bits per heavy atom. The van der Waals surface area contributed by atoms with E-state index in [1.54, 1.807) is 0 Å². The number of hydrogen-bond donors (Lipinski definition) is 0. The van der Waals surface area contributed by atoms with Gasteiger partial charge in [0.1, 0.15) is 0 Å². The van der Waals surface area contributed by atoms with Crippen LogP contribution in [0.5, 0.6) is 11.5 Å². The van der Waals surface area contributed by atoms with Gasteiger partial charge in [-0.05, 0) is 0 Å². The van der Waals surface area contributed by atoms with E-state index >= 15 is 0 Å². The fourth-order valence-electron chi connectivity index (χ4n) is 2.17. The van der Waals surface area contributed by atoms with Gasteiger partial charge in [0.2, 0.25) is 0 Å². The Morgan fingerprint density at radius 3 is 2.25 bits per heavy atom. The van der Waals surface area contributed by atoms with Crippen molar-refractivity contribution in [3.63, 3.8) is 0 Å². The molecular formula is C14H21Br2O3P. The first-order valence-electron chi connectivity index (χ1n) is 7.05. The number of rotatable bonds is 7. The van der Waals surface area contributed by atoms with Crippen molar-refractivity contribution in [2.75, 3.05) is 0 Å². The summed E-state index contributed by atoms with van der Waals surface area (Å²) >= 11 is 7.07. The van der Waals surface area contributed by atoms with Crippen LogP contribution in [-0.2, 0) is 4.52 Å². The first-order valence-corrected chi connectivity index (χ1v) is 13.1. The molecule has 1 unspecified atom stereocenters. The van der Waals surface area contributed by atoms with Gasteiger partial charge in [-0.2, -0.15) is 0 Å². The molecule has 0 fully saturated rings. The van der Waals surface area contributed by atoms with Gasteiger partial charge in [0.25, 0.3) is 0 Å². The van der Waals surface area contributed by atoms with Gasteiger partial charge in [-0.15, -0.1) is 0 Å². The number of halogens is 2. The van der Waals surface area contributed by atoms with Gasteiger partial charge in [0.15, 0.2) is 0 Å².